The molecular weight excluding hydrogens is 332 g/mol. The maximum absolute atomic E-state index is 12.3. The van der Waals surface area contributed by atoms with Crippen molar-refractivity contribution in [3.63, 3.8) is 0 Å². The van der Waals surface area contributed by atoms with Gasteiger partial charge in [0.15, 0.2) is 0 Å². The van der Waals surface area contributed by atoms with Crippen molar-refractivity contribution in [2.75, 3.05) is 5.73 Å². The van der Waals surface area contributed by atoms with Crippen LogP contribution >= 0.6 is 27.3 Å². The van der Waals surface area contributed by atoms with Gasteiger partial charge in [-0.05, 0) is 32.0 Å². The van der Waals surface area contributed by atoms with E-state index in [2.05, 4.69) is 20.9 Å². The number of aromatic nitrogens is 1. The fraction of sp³-hybridized carbons (Fsp3) is 0.250. The topological polar surface area (TPSA) is 56.0 Å². The van der Waals surface area contributed by atoms with E-state index >= 15 is 0 Å². The molecule has 0 aliphatic carbocycles. The van der Waals surface area contributed by atoms with E-state index in [9.17, 15) is 4.21 Å². The van der Waals surface area contributed by atoms with Gasteiger partial charge in [-0.1, -0.05) is 15.9 Å². The molecule has 0 bridgehead atoms. The van der Waals surface area contributed by atoms with Gasteiger partial charge in [-0.3, -0.25) is 4.21 Å². The molecule has 18 heavy (non-hydrogen) atoms. The van der Waals surface area contributed by atoms with E-state index in [-0.39, 0.29) is 0 Å². The summed E-state index contributed by atoms with van der Waals surface area (Å²) >= 11 is 4.95. The Labute approximate surface area is 121 Å². The van der Waals surface area contributed by atoms with E-state index in [1.165, 1.54) is 4.88 Å². The van der Waals surface area contributed by atoms with Crippen molar-refractivity contribution in [3.8, 4) is 0 Å². The summed E-state index contributed by atoms with van der Waals surface area (Å²) in [6.07, 6.45) is 0. The van der Waals surface area contributed by atoms with E-state index in [1.54, 1.807) is 23.5 Å². The first-order valence-electron chi connectivity index (χ1n) is 5.33. The first kappa shape index (κ1) is 13.7. The number of anilines is 1. The molecule has 0 spiro atoms. The molecule has 2 aromatic rings. The fourth-order valence-electron chi connectivity index (χ4n) is 1.50. The van der Waals surface area contributed by atoms with Crippen molar-refractivity contribution >= 4 is 43.8 Å². The van der Waals surface area contributed by atoms with Crippen LogP contribution in [0.5, 0.6) is 0 Å². The van der Waals surface area contributed by atoms with Crippen molar-refractivity contribution in [1.29, 1.82) is 0 Å². The number of aryl methyl sites for hydroxylation is 2. The number of nitrogens with two attached hydrogens (primary N) is 1. The predicted molar refractivity (Wildman–Crippen MR) is 80.3 cm³/mol. The molecule has 1 aromatic carbocycles. The first-order valence-corrected chi connectivity index (χ1v) is 8.26. The molecular formula is C12H13BrN2OS2. The second-order valence-electron chi connectivity index (χ2n) is 3.92. The normalized spacial score (nSPS) is 12.6. The molecule has 96 valence electrons. The summed E-state index contributed by atoms with van der Waals surface area (Å²) in [6.45, 7) is 3.98. The zero-order chi connectivity index (χ0) is 13.3. The second kappa shape index (κ2) is 5.50. The Hall–Kier alpha value is -0.720. The van der Waals surface area contributed by atoms with E-state index in [0.717, 1.165) is 15.2 Å². The Kier molecular flexibility index (Phi) is 4.19. The van der Waals surface area contributed by atoms with Crippen molar-refractivity contribution in [1.82, 2.24) is 4.98 Å². The van der Waals surface area contributed by atoms with Crippen molar-refractivity contribution in [2.45, 2.75) is 24.5 Å². The lowest BCUT2D eigenvalue weighted by Gasteiger charge is -2.04. The average Bonchev–Trinajstić information content (AvgIpc) is 2.61. The van der Waals surface area contributed by atoms with E-state index in [1.807, 2.05) is 19.9 Å². The van der Waals surface area contributed by atoms with Crippen LogP contribution < -0.4 is 5.73 Å². The number of benzene rings is 1. The van der Waals surface area contributed by atoms with Crippen LogP contribution in [0, 0.1) is 13.8 Å². The van der Waals surface area contributed by atoms with Gasteiger partial charge in [0.25, 0.3) is 0 Å². The van der Waals surface area contributed by atoms with Crippen LogP contribution in [-0.4, -0.2) is 9.19 Å². The molecule has 0 amide bonds. The molecule has 3 nitrogen and oxygen atoms in total. The fourth-order valence-corrected chi connectivity index (χ4v) is 4.33. The minimum absolute atomic E-state index is 0.417. The molecule has 0 saturated heterocycles. The van der Waals surface area contributed by atoms with Crippen LogP contribution in [0.1, 0.15) is 15.6 Å². The Bertz CT molecular complexity index is 591. The van der Waals surface area contributed by atoms with Crippen LogP contribution in [0.25, 0.3) is 0 Å². The molecule has 1 heterocycles. The number of hydrogen-bond acceptors (Lipinski definition) is 4. The summed E-state index contributed by atoms with van der Waals surface area (Å²) in [6, 6.07) is 5.40. The zero-order valence-electron chi connectivity index (χ0n) is 10.1. The van der Waals surface area contributed by atoms with Crippen LogP contribution in [0.2, 0.25) is 0 Å². The number of hydrogen-bond donors (Lipinski definition) is 1. The van der Waals surface area contributed by atoms with Gasteiger partial charge in [0, 0.05) is 15.0 Å². The molecule has 1 unspecified atom stereocenters. The van der Waals surface area contributed by atoms with E-state index < -0.39 is 10.8 Å². The van der Waals surface area contributed by atoms with Crippen LogP contribution in [0.3, 0.4) is 0 Å². The Morgan fingerprint density at radius 1 is 1.44 bits per heavy atom. The SMILES string of the molecule is Cc1nc(CS(=O)c2cc(Br)ccc2N)sc1C. The van der Waals surface area contributed by atoms with Gasteiger partial charge in [-0.2, -0.15) is 0 Å². The van der Waals surface area contributed by atoms with Crippen molar-refractivity contribution in [3.05, 3.63) is 38.3 Å². The maximum atomic E-state index is 12.3. The van der Waals surface area contributed by atoms with E-state index in [4.69, 9.17) is 5.73 Å². The Morgan fingerprint density at radius 2 is 2.17 bits per heavy atom. The zero-order valence-corrected chi connectivity index (χ0v) is 13.3. The standard InChI is InChI=1S/C12H13BrN2OS2/c1-7-8(2)17-12(15-7)6-18(16)11-5-9(13)3-4-10(11)14/h3-5H,6,14H2,1-2H3. The highest BCUT2D eigenvalue weighted by Crippen LogP contribution is 2.25. The second-order valence-corrected chi connectivity index (χ2v) is 7.54. The monoisotopic (exact) mass is 344 g/mol. The molecule has 1 atom stereocenters. The first-order chi connectivity index (χ1) is 8.47. The molecule has 0 fully saturated rings. The number of rotatable bonds is 3. The molecule has 2 N–H and O–H groups in total. The van der Waals surface area contributed by atoms with Gasteiger partial charge in [-0.15, -0.1) is 11.3 Å². The van der Waals surface area contributed by atoms with Crippen molar-refractivity contribution < 1.29 is 4.21 Å². The number of nitrogens with zero attached hydrogens (tertiary/aromatic N) is 1. The van der Waals surface area contributed by atoms with Crippen LogP contribution in [0.4, 0.5) is 5.69 Å². The van der Waals surface area contributed by atoms with E-state index in [0.29, 0.717) is 16.3 Å². The van der Waals surface area contributed by atoms with Crippen molar-refractivity contribution in [2.24, 2.45) is 0 Å². The molecule has 0 radical (unpaired) electrons. The predicted octanol–water partition coefficient (Wildman–Crippen LogP) is 3.41. The summed E-state index contributed by atoms with van der Waals surface area (Å²) < 4.78 is 13.2. The van der Waals surface area contributed by atoms with Gasteiger partial charge in [0.1, 0.15) is 5.01 Å². The van der Waals surface area contributed by atoms with Gasteiger partial charge in [0.2, 0.25) is 0 Å². The Balaban J connectivity index is 2.24. The summed E-state index contributed by atoms with van der Waals surface area (Å²) in [4.78, 5) is 6.23. The lowest BCUT2D eigenvalue weighted by Crippen LogP contribution is -2.00. The smallest absolute Gasteiger partial charge is 0.106 e. The quantitative estimate of drug-likeness (QED) is 0.868. The van der Waals surface area contributed by atoms with Crippen LogP contribution in [-0.2, 0) is 16.6 Å². The molecule has 0 saturated carbocycles. The number of nitrogen functional groups attached to an aromatic ring is 1. The summed E-state index contributed by atoms with van der Waals surface area (Å²) in [7, 11) is -1.16. The molecule has 1 aromatic heterocycles. The lowest BCUT2D eigenvalue weighted by molar-refractivity contribution is 0.682. The third-order valence-electron chi connectivity index (χ3n) is 2.55. The summed E-state index contributed by atoms with van der Waals surface area (Å²) in [5.41, 5.74) is 7.41. The van der Waals surface area contributed by atoms with Gasteiger partial charge in [0.05, 0.1) is 27.1 Å². The van der Waals surface area contributed by atoms with Crippen LogP contribution in [0.15, 0.2) is 27.6 Å². The van der Waals surface area contributed by atoms with Gasteiger partial charge < -0.3 is 5.73 Å². The third-order valence-corrected chi connectivity index (χ3v) is 5.68. The van der Waals surface area contributed by atoms with Gasteiger partial charge >= 0.3 is 0 Å². The molecule has 0 aliphatic rings. The minimum Gasteiger partial charge on any atom is -0.398 e. The highest BCUT2D eigenvalue weighted by molar-refractivity contribution is 9.10. The summed E-state index contributed by atoms with van der Waals surface area (Å²) in [5.74, 6) is 0.417. The number of halogens is 1. The largest absolute Gasteiger partial charge is 0.398 e. The molecule has 0 aliphatic heterocycles. The maximum Gasteiger partial charge on any atom is 0.106 e. The lowest BCUT2D eigenvalue weighted by atomic mass is 10.3. The van der Waals surface area contributed by atoms with Gasteiger partial charge in [-0.25, -0.2) is 4.98 Å². The minimum atomic E-state index is -1.16. The number of thiazole rings is 1. The third kappa shape index (κ3) is 2.99. The molecule has 6 heteroatoms. The summed E-state index contributed by atoms with van der Waals surface area (Å²) in [5, 5.41) is 0.891. The molecule has 2 rings (SSSR count). The Morgan fingerprint density at radius 3 is 2.78 bits per heavy atom. The highest BCUT2D eigenvalue weighted by Gasteiger charge is 2.12. The average molecular weight is 345 g/mol. The highest BCUT2D eigenvalue weighted by atomic mass is 79.9.